The van der Waals surface area contributed by atoms with E-state index in [2.05, 4.69) is 14.7 Å². The summed E-state index contributed by atoms with van der Waals surface area (Å²) in [6, 6.07) is 0. The molecular formula is C10H6F5N3O. The minimum Gasteiger partial charge on any atom is -0.344 e. The molecule has 4 nitrogen and oxygen atoms in total. The summed E-state index contributed by atoms with van der Waals surface area (Å²) in [5.74, 6) is -11.3. The highest BCUT2D eigenvalue weighted by Gasteiger charge is 2.29. The Hall–Kier alpha value is -2.19. The second-order valence-corrected chi connectivity index (χ2v) is 3.74. The molecule has 0 radical (unpaired) electrons. The van der Waals surface area contributed by atoms with Crippen molar-refractivity contribution in [3.05, 3.63) is 29.1 Å². The van der Waals surface area contributed by atoms with Crippen LogP contribution in [0.1, 0.15) is 0 Å². The van der Waals surface area contributed by atoms with Gasteiger partial charge in [0.1, 0.15) is 5.56 Å². The third kappa shape index (κ3) is 2.00. The molecule has 102 valence electrons. The fourth-order valence-electron chi connectivity index (χ4n) is 1.29. The Balaban J connectivity index is 2.68. The van der Waals surface area contributed by atoms with Crippen LogP contribution in [-0.2, 0) is 0 Å². The molecular weight excluding hydrogens is 273 g/mol. The van der Waals surface area contributed by atoms with Gasteiger partial charge in [-0.25, -0.2) is 22.0 Å². The molecule has 0 amide bonds. The third-order valence-electron chi connectivity index (χ3n) is 2.24. The van der Waals surface area contributed by atoms with Gasteiger partial charge in [0.05, 0.1) is 0 Å². The Kier molecular flexibility index (Phi) is 3.13. The topological polar surface area (TPSA) is 42.2 Å². The monoisotopic (exact) mass is 279 g/mol. The summed E-state index contributed by atoms with van der Waals surface area (Å²) in [6.45, 7) is 0. The van der Waals surface area contributed by atoms with E-state index in [1.807, 2.05) is 0 Å². The first-order valence-corrected chi connectivity index (χ1v) is 4.87. The Morgan fingerprint density at radius 3 is 1.74 bits per heavy atom. The van der Waals surface area contributed by atoms with Crippen LogP contribution in [0.25, 0.3) is 11.5 Å². The van der Waals surface area contributed by atoms with Gasteiger partial charge in [-0.15, -0.1) is 0 Å². The Morgan fingerprint density at radius 1 is 0.842 bits per heavy atom. The van der Waals surface area contributed by atoms with E-state index >= 15 is 0 Å². The Labute approximate surface area is 103 Å². The van der Waals surface area contributed by atoms with E-state index in [0.29, 0.717) is 0 Å². The maximum Gasteiger partial charge on any atom is 0.265 e. The number of rotatable bonds is 2. The summed E-state index contributed by atoms with van der Waals surface area (Å²) in [5.41, 5.74) is -1.25. The van der Waals surface area contributed by atoms with Crippen molar-refractivity contribution in [2.45, 2.75) is 0 Å². The van der Waals surface area contributed by atoms with Crippen molar-refractivity contribution in [2.24, 2.45) is 0 Å². The molecule has 2 aromatic rings. The largest absolute Gasteiger partial charge is 0.344 e. The normalized spacial score (nSPS) is 10.9. The lowest BCUT2D eigenvalue weighted by atomic mass is 10.1. The van der Waals surface area contributed by atoms with Crippen LogP contribution in [0.3, 0.4) is 0 Å². The number of hydrogen-bond donors (Lipinski definition) is 0. The maximum atomic E-state index is 13.4. The zero-order valence-electron chi connectivity index (χ0n) is 9.64. The molecule has 0 saturated carbocycles. The molecule has 0 aliphatic carbocycles. The summed E-state index contributed by atoms with van der Waals surface area (Å²) in [6.07, 6.45) is 0. The minimum absolute atomic E-state index is 0.0704. The molecule has 1 aromatic heterocycles. The first-order chi connectivity index (χ1) is 8.84. The molecule has 0 aliphatic rings. The molecule has 0 aliphatic heterocycles. The van der Waals surface area contributed by atoms with Gasteiger partial charge < -0.3 is 9.42 Å². The Bertz CT molecular complexity index is 611. The van der Waals surface area contributed by atoms with Gasteiger partial charge in [-0.1, -0.05) is 0 Å². The van der Waals surface area contributed by atoms with Crippen molar-refractivity contribution < 1.29 is 26.5 Å². The minimum atomic E-state index is -2.24. The van der Waals surface area contributed by atoms with Crippen molar-refractivity contribution >= 4 is 5.95 Å². The van der Waals surface area contributed by atoms with E-state index in [9.17, 15) is 22.0 Å². The zero-order chi connectivity index (χ0) is 14.3. The van der Waals surface area contributed by atoms with E-state index in [0.717, 1.165) is 0 Å². The fourth-order valence-corrected chi connectivity index (χ4v) is 1.29. The van der Waals surface area contributed by atoms with Crippen molar-refractivity contribution in [1.82, 2.24) is 10.1 Å². The summed E-state index contributed by atoms with van der Waals surface area (Å²) < 4.78 is 70.2. The standard InChI is InChI=1S/C10H6F5N3O/c1-18(2)10-16-9(19-17-10)3-4(11)6(13)8(15)7(14)5(3)12/h1-2H3. The molecule has 2 rings (SSSR count). The van der Waals surface area contributed by atoms with Gasteiger partial charge in [-0.3, -0.25) is 0 Å². The van der Waals surface area contributed by atoms with Gasteiger partial charge in [0.15, 0.2) is 23.3 Å². The molecule has 0 N–H and O–H groups in total. The highest BCUT2D eigenvalue weighted by Crippen LogP contribution is 2.31. The average molecular weight is 279 g/mol. The van der Waals surface area contributed by atoms with Crippen LogP contribution in [0.2, 0.25) is 0 Å². The van der Waals surface area contributed by atoms with Crippen LogP contribution in [0, 0.1) is 29.1 Å². The van der Waals surface area contributed by atoms with Crippen LogP contribution in [0.4, 0.5) is 27.9 Å². The average Bonchev–Trinajstić information content (AvgIpc) is 2.84. The number of anilines is 1. The van der Waals surface area contributed by atoms with E-state index in [-0.39, 0.29) is 5.95 Å². The highest BCUT2D eigenvalue weighted by atomic mass is 19.2. The Morgan fingerprint density at radius 2 is 1.32 bits per heavy atom. The molecule has 0 unspecified atom stereocenters. The van der Waals surface area contributed by atoms with Crippen molar-refractivity contribution in [1.29, 1.82) is 0 Å². The van der Waals surface area contributed by atoms with Crippen LogP contribution in [-0.4, -0.2) is 24.2 Å². The van der Waals surface area contributed by atoms with Gasteiger partial charge in [-0.2, -0.15) is 4.98 Å². The summed E-state index contributed by atoms with van der Waals surface area (Å²) in [5, 5.41) is 3.32. The quantitative estimate of drug-likeness (QED) is 0.481. The van der Waals surface area contributed by atoms with Gasteiger partial charge in [0, 0.05) is 14.1 Å². The van der Waals surface area contributed by atoms with E-state index < -0.39 is 40.5 Å². The number of halogens is 5. The second kappa shape index (κ2) is 4.48. The summed E-state index contributed by atoms with van der Waals surface area (Å²) >= 11 is 0. The zero-order valence-corrected chi connectivity index (χ0v) is 9.64. The van der Waals surface area contributed by atoms with Crippen LogP contribution in [0.5, 0.6) is 0 Å². The predicted molar refractivity (Wildman–Crippen MR) is 53.9 cm³/mol. The van der Waals surface area contributed by atoms with Crippen LogP contribution < -0.4 is 4.90 Å². The maximum absolute atomic E-state index is 13.4. The molecule has 1 aromatic carbocycles. The van der Waals surface area contributed by atoms with Gasteiger partial charge >= 0.3 is 0 Å². The lowest BCUT2D eigenvalue weighted by Gasteiger charge is -2.04. The van der Waals surface area contributed by atoms with Crippen LogP contribution >= 0.6 is 0 Å². The molecule has 19 heavy (non-hydrogen) atoms. The van der Waals surface area contributed by atoms with E-state index in [1.165, 1.54) is 19.0 Å². The second-order valence-electron chi connectivity index (χ2n) is 3.74. The van der Waals surface area contributed by atoms with Crippen LogP contribution in [0.15, 0.2) is 4.52 Å². The molecule has 9 heteroatoms. The molecule has 0 saturated heterocycles. The fraction of sp³-hybridized carbons (Fsp3) is 0.200. The molecule has 1 heterocycles. The lowest BCUT2D eigenvalue weighted by Crippen LogP contribution is -2.10. The first kappa shape index (κ1) is 13.2. The molecule has 0 atom stereocenters. The van der Waals surface area contributed by atoms with E-state index in [1.54, 1.807) is 0 Å². The van der Waals surface area contributed by atoms with Crippen molar-refractivity contribution in [2.75, 3.05) is 19.0 Å². The first-order valence-electron chi connectivity index (χ1n) is 4.87. The smallest absolute Gasteiger partial charge is 0.265 e. The SMILES string of the molecule is CN(C)c1noc(-c2c(F)c(F)c(F)c(F)c2F)n1. The van der Waals surface area contributed by atoms with Crippen molar-refractivity contribution in [3.63, 3.8) is 0 Å². The highest BCUT2D eigenvalue weighted by molar-refractivity contribution is 5.57. The van der Waals surface area contributed by atoms with Gasteiger partial charge in [0.25, 0.3) is 11.8 Å². The third-order valence-corrected chi connectivity index (χ3v) is 2.24. The summed E-state index contributed by atoms with van der Waals surface area (Å²) in [4.78, 5) is 4.86. The number of aromatic nitrogens is 2. The number of hydrogen-bond acceptors (Lipinski definition) is 4. The van der Waals surface area contributed by atoms with E-state index in [4.69, 9.17) is 0 Å². The number of benzene rings is 1. The molecule has 0 spiro atoms. The summed E-state index contributed by atoms with van der Waals surface area (Å²) in [7, 11) is 3.01. The number of nitrogens with zero attached hydrogens (tertiary/aromatic N) is 3. The van der Waals surface area contributed by atoms with Gasteiger partial charge in [-0.05, 0) is 5.16 Å². The van der Waals surface area contributed by atoms with Crippen molar-refractivity contribution in [3.8, 4) is 11.5 Å². The lowest BCUT2D eigenvalue weighted by molar-refractivity contribution is 0.372. The van der Waals surface area contributed by atoms with Gasteiger partial charge in [0.2, 0.25) is 5.82 Å². The molecule has 0 fully saturated rings. The predicted octanol–water partition coefficient (Wildman–Crippen LogP) is 2.50. The molecule has 0 bridgehead atoms.